The summed E-state index contributed by atoms with van der Waals surface area (Å²) in [5.41, 5.74) is 2.05. The summed E-state index contributed by atoms with van der Waals surface area (Å²) in [6, 6.07) is 4.04. The molecule has 0 atom stereocenters. The van der Waals surface area contributed by atoms with Gasteiger partial charge in [-0.1, -0.05) is 0 Å². The third-order valence-corrected chi connectivity index (χ3v) is 3.76. The largest absolute Gasteiger partial charge is 0.376 e. The average Bonchev–Trinajstić information content (AvgIpc) is 2.70. The Labute approximate surface area is 106 Å². The van der Waals surface area contributed by atoms with Gasteiger partial charge in [-0.15, -0.1) is 5.10 Å². The fourth-order valence-corrected chi connectivity index (χ4v) is 2.32. The molecule has 1 N–H and O–H groups in total. The van der Waals surface area contributed by atoms with E-state index in [1.165, 1.54) is 12.0 Å². The van der Waals surface area contributed by atoms with Crippen LogP contribution in [0.4, 0.5) is 5.95 Å². The normalized spacial score (nSPS) is 17.7. The monoisotopic (exact) mass is 246 g/mol. The highest BCUT2D eigenvalue weighted by molar-refractivity contribution is 5.45. The van der Waals surface area contributed by atoms with Gasteiger partial charge in [0, 0.05) is 19.9 Å². The number of fused-ring (bicyclic) bond motifs is 1. The Kier molecular flexibility index (Phi) is 2.70. The van der Waals surface area contributed by atoms with Gasteiger partial charge in [-0.3, -0.25) is 0 Å². The van der Waals surface area contributed by atoms with Gasteiger partial charge in [-0.25, -0.2) is 4.52 Å². The summed E-state index contributed by atoms with van der Waals surface area (Å²) >= 11 is 0. The molecule has 18 heavy (non-hydrogen) atoms. The molecule has 1 aliphatic carbocycles. The standard InChI is InChI=1S/C13H18N4O/c1-10-4-7-17-11(8-10)15-12(16-17)14-9-13(18-2)5-3-6-13/h4,7-8H,3,5-6,9H2,1-2H3,(H,14,16). The second-order valence-electron chi connectivity index (χ2n) is 5.04. The highest BCUT2D eigenvalue weighted by atomic mass is 16.5. The molecule has 1 aliphatic rings. The van der Waals surface area contributed by atoms with Crippen LogP contribution in [0.5, 0.6) is 0 Å². The Morgan fingerprint density at radius 1 is 1.50 bits per heavy atom. The second-order valence-corrected chi connectivity index (χ2v) is 5.04. The lowest BCUT2D eigenvalue weighted by Gasteiger charge is -2.40. The lowest BCUT2D eigenvalue weighted by Crippen LogP contribution is -2.45. The quantitative estimate of drug-likeness (QED) is 0.896. The van der Waals surface area contributed by atoms with Gasteiger partial charge in [0.25, 0.3) is 0 Å². The summed E-state index contributed by atoms with van der Waals surface area (Å²) in [7, 11) is 1.78. The third kappa shape index (κ3) is 1.95. The zero-order valence-electron chi connectivity index (χ0n) is 10.8. The molecule has 1 fully saturated rings. The van der Waals surface area contributed by atoms with E-state index in [1.54, 1.807) is 11.6 Å². The van der Waals surface area contributed by atoms with Crippen molar-refractivity contribution in [3.05, 3.63) is 23.9 Å². The molecule has 0 aliphatic heterocycles. The number of ether oxygens (including phenoxy) is 1. The van der Waals surface area contributed by atoms with Crippen molar-refractivity contribution < 1.29 is 4.74 Å². The number of hydrogen-bond donors (Lipinski definition) is 1. The van der Waals surface area contributed by atoms with Crippen molar-refractivity contribution in [2.24, 2.45) is 0 Å². The van der Waals surface area contributed by atoms with Gasteiger partial charge in [0.1, 0.15) is 0 Å². The summed E-state index contributed by atoms with van der Waals surface area (Å²) in [6.07, 6.45) is 5.40. The summed E-state index contributed by atoms with van der Waals surface area (Å²) in [6.45, 7) is 2.83. The van der Waals surface area contributed by atoms with E-state index in [0.29, 0.717) is 5.95 Å². The van der Waals surface area contributed by atoms with Gasteiger partial charge in [-0.05, 0) is 43.9 Å². The van der Waals surface area contributed by atoms with Crippen LogP contribution in [-0.4, -0.2) is 33.9 Å². The van der Waals surface area contributed by atoms with E-state index in [9.17, 15) is 0 Å². The highest BCUT2D eigenvalue weighted by Gasteiger charge is 2.36. The molecule has 2 heterocycles. The lowest BCUT2D eigenvalue weighted by molar-refractivity contribution is -0.0602. The number of hydrogen-bond acceptors (Lipinski definition) is 4. The van der Waals surface area contributed by atoms with Gasteiger partial charge in [0.05, 0.1) is 5.60 Å². The van der Waals surface area contributed by atoms with Gasteiger partial charge in [0.2, 0.25) is 5.95 Å². The van der Waals surface area contributed by atoms with E-state index in [-0.39, 0.29) is 5.60 Å². The van der Waals surface area contributed by atoms with E-state index in [1.807, 2.05) is 18.3 Å². The number of methoxy groups -OCH3 is 1. The van der Waals surface area contributed by atoms with Crippen molar-refractivity contribution in [1.29, 1.82) is 0 Å². The molecule has 0 spiro atoms. The van der Waals surface area contributed by atoms with Crippen molar-refractivity contribution in [3.8, 4) is 0 Å². The fraction of sp³-hybridized carbons (Fsp3) is 0.538. The molecule has 0 aromatic carbocycles. The molecule has 0 radical (unpaired) electrons. The summed E-state index contributed by atoms with van der Waals surface area (Å²) in [5.74, 6) is 0.670. The minimum Gasteiger partial charge on any atom is -0.376 e. The number of nitrogens with zero attached hydrogens (tertiary/aromatic N) is 3. The van der Waals surface area contributed by atoms with E-state index in [2.05, 4.69) is 22.3 Å². The number of pyridine rings is 1. The van der Waals surface area contributed by atoms with E-state index < -0.39 is 0 Å². The first kappa shape index (κ1) is 11.5. The summed E-state index contributed by atoms with van der Waals surface area (Å²) in [5, 5.41) is 7.67. The fourth-order valence-electron chi connectivity index (χ4n) is 2.32. The molecular formula is C13H18N4O. The molecule has 2 aromatic rings. The molecule has 0 bridgehead atoms. The van der Waals surface area contributed by atoms with E-state index in [0.717, 1.165) is 25.0 Å². The Hall–Kier alpha value is -1.62. The summed E-state index contributed by atoms with van der Waals surface area (Å²) in [4.78, 5) is 4.45. The first-order valence-electron chi connectivity index (χ1n) is 6.33. The van der Waals surface area contributed by atoms with Crippen LogP contribution in [-0.2, 0) is 4.74 Å². The van der Waals surface area contributed by atoms with Crippen LogP contribution in [0.25, 0.3) is 5.65 Å². The molecule has 0 amide bonds. The van der Waals surface area contributed by atoms with Crippen molar-refractivity contribution in [3.63, 3.8) is 0 Å². The Morgan fingerprint density at radius 3 is 3.00 bits per heavy atom. The zero-order valence-corrected chi connectivity index (χ0v) is 10.8. The van der Waals surface area contributed by atoms with Crippen molar-refractivity contribution >= 4 is 11.6 Å². The Balaban J connectivity index is 1.74. The van der Waals surface area contributed by atoms with Crippen LogP contribution in [0, 0.1) is 6.92 Å². The average molecular weight is 246 g/mol. The maximum atomic E-state index is 5.56. The minimum atomic E-state index is -0.00655. The van der Waals surface area contributed by atoms with Crippen LogP contribution < -0.4 is 5.32 Å². The van der Waals surface area contributed by atoms with Crippen LogP contribution in [0.2, 0.25) is 0 Å². The highest BCUT2D eigenvalue weighted by Crippen LogP contribution is 2.34. The van der Waals surface area contributed by atoms with Gasteiger partial charge >= 0.3 is 0 Å². The van der Waals surface area contributed by atoms with Crippen molar-refractivity contribution in [1.82, 2.24) is 14.6 Å². The summed E-state index contributed by atoms with van der Waals surface area (Å²) < 4.78 is 7.35. The van der Waals surface area contributed by atoms with Gasteiger partial charge in [0.15, 0.2) is 5.65 Å². The number of aromatic nitrogens is 3. The lowest BCUT2D eigenvalue weighted by atomic mass is 9.80. The van der Waals surface area contributed by atoms with Gasteiger partial charge < -0.3 is 10.1 Å². The van der Waals surface area contributed by atoms with Crippen LogP contribution in [0.15, 0.2) is 18.3 Å². The molecule has 5 heteroatoms. The van der Waals surface area contributed by atoms with Crippen molar-refractivity contribution in [2.45, 2.75) is 31.8 Å². The molecule has 5 nitrogen and oxygen atoms in total. The molecular weight excluding hydrogens is 228 g/mol. The van der Waals surface area contributed by atoms with Crippen LogP contribution in [0.3, 0.4) is 0 Å². The molecule has 0 unspecified atom stereocenters. The topological polar surface area (TPSA) is 51.5 Å². The first-order valence-corrected chi connectivity index (χ1v) is 6.33. The maximum absolute atomic E-state index is 5.56. The number of rotatable bonds is 4. The maximum Gasteiger partial charge on any atom is 0.243 e. The number of aryl methyl sites for hydroxylation is 1. The second kappa shape index (κ2) is 4.24. The van der Waals surface area contributed by atoms with Crippen molar-refractivity contribution in [2.75, 3.05) is 19.0 Å². The minimum absolute atomic E-state index is 0.00655. The van der Waals surface area contributed by atoms with Gasteiger partial charge in [-0.2, -0.15) is 4.98 Å². The predicted octanol–water partition coefficient (Wildman–Crippen LogP) is 2.02. The Bertz CT molecular complexity index is 554. The van der Waals surface area contributed by atoms with Crippen LogP contribution in [0.1, 0.15) is 24.8 Å². The molecule has 1 saturated carbocycles. The number of nitrogens with one attached hydrogen (secondary N) is 1. The molecule has 3 rings (SSSR count). The van der Waals surface area contributed by atoms with Crippen LogP contribution >= 0.6 is 0 Å². The predicted molar refractivity (Wildman–Crippen MR) is 69.8 cm³/mol. The SMILES string of the molecule is COC1(CNc2nc3cc(C)ccn3n2)CCC1. The molecule has 0 saturated heterocycles. The van der Waals surface area contributed by atoms with E-state index >= 15 is 0 Å². The molecule has 96 valence electrons. The zero-order chi connectivity index (χ0) is 12.6. The molecule has 2 aromatic heterocycles. The third-order valence-electron chi connectivity index (χ3n) is 3.76. The Morgan fingerprint density at radius 2 is 2.33 bits per heavy atom. The smallest absolute Gasteiger partial charge is 0.243 e. The first-order chi connectivity index (χ1) is 8.71. The van der Waals surface area contributed by atoms with E-state index in [4.69, 9.17) is 4.74 Å². The number of anilines is 1.